The summed E-state index contributed by atoms with van der Waals surface area (Å²) in [5, 5.41) is 16.7. The van der Waals surface area contributed by atoms with Crippen LogP contribution in [-0.2, 0) is 13.0 Å². The SMILES string of the molecule is Cc1cccc2cc(O)cc(N3CCc4c(nc(OC[C@]56CCCN5[C@@H]5CCC[C@@H]5C6)nc4N4CC5CCC(C4)N5)C3)c12. The van der Waals surface area contributed by atoms with Gasteiger partial charge in [0.1, 0.15) is 18.2 Å². The maximum atomic E-state index is 10.7. The lowest BCUT2D eigenvalue weighted by Gasteiger charge is -2.38. The van der Waals surface area contributed by atoms with Crippen LogP contribution in [0.25, 0.3) is 10.8 Å². The van der Waals surface area contributed by atoms with Crippen molar-refractivity contribution in [2.24, 2.45) is 5.92 Å². The molecule has 1 aliphatic carbocycles. The van der Waals surface area contributed by atoms with Gasteiger partial charge in [-0.15, -0.1) is 0 Å². The number of hydrogen-bond donors (Lipinski definition) is 2. The number of nitrogens with zero attached hydrogens (tertiary/aromatic N) is 5. The summed E-state index contributed by atoms with van der Waals surface area (Å²) in [5.41, 5.74) is 4.82. The molecule has 5 atom stereocenters. The largest absolute Gasteiger partial charge is 0.508 e. The molecule has 4 saturated heterocycles. The number of ether oxygens (including phenoxy) is 1. The predicted octanol–water partition coefficient (Wildman–Crippen LogP) is 4.93. The summed E-state index contributed by atoms with van der Waals surface area (Å²) < 4.78 is 6.71. The molecule has 1 saturated carbocycles. The number of fused-ring (bicyclic) bond motifs is 7. The maximum absolute atomic E-state index is 10.7. The topological polar surface area (TPSA) is 77.0 Å². The van der Waals surface area contributed by atoms with Crippen LogP contribution in [0.2, 0.25) is 0 Å². The summed E-state index contributed by atoms with van der Waals surface area (Å²) in [4.78, 5) is 18.1. The average molecular weight is 581 g/mol. The van der Waals surface area contributed by atoms with Gasteiger partial charge in [0.2, 0.25) is 0 Å². The summed E-state index contributed by atoms with van der Waals surface area (Å²) in [6.07, 6.45) is 11.3. The standard InChI is InChI=1S/C35H44N6O2/c1-22-5-2-6-23-15-27(42)16-31(32(22)23)39-14-11-28-29(20-39)37-34(38-33(28)40-18-25-9-10-26(19-40)36-25)43-21-35-12-4-13-41(35)30-8-3-7-24(30)17-35/h2,5-6,15-16,24-26,30,36,42H,3-4,7-14,17-21H2,1H3/t24-,25?,26?,30-,35-/m1/s1. The quantitative estimate of drug-likeness (QED) is 0.440. The van der Waals surface area contributed by atoms with Crippen molar-refractivity contribution in [3.8, 4) is 11.8 Å². The van der Waals surface area contributed by atoms with Crippen molar-refractivity contribution in [2.75, 3.05) is 42.6 Å². The third kappa shape index (κ3) is 4.31. The van der Waals surface area contributed by atoms with Gasteiger partial charge >= 0.3 is 6.01 Å². The molecular weight excluding hydrogens is 536 g/mol. The number of nitrogens with one attached hydrogen (secondary N) is 1. The van der Waals surface area contributed by atoms with E-state index in [1.807, 2.05) is 12.1 Å². The van der Waals surface area contributed by atoms with E-state index >= 15 is 0 Å². The molecule has 2 N–H and O–H groups in total. The van der Waals surface area contributed by atoms with Crippen LogP contribution in [0.1, 0.15) is 68.2 Å². The van der Waals surface area contributed by atoms with Crippen LogP contribution in [0, 0.1) is 12.8 Å². The van der Waals surface area contributed by atoms with E-state index in [-0.39, 0.29) is 5.54 Å². The van der Waals surface area contributed by atoms with Crippen LogP contribution < -0.4 is 19.9 Å². The highest BCUT2D eigenvalue weighted by Crippen LogP contribution is 2.51. The van der Waals surface area contributed by atoms with Crippen LogP contribution in [0.5, 0.6) is 11.8 Å². The average Bonchev–Trinajstić information content (AvgIpc) is 3.76. The molecule has 9 rings (SSSR count). The number of phenols is 1. The van der Waals surface area contributed by atoms with Crippen LogP contribution >= 0.6 is 0 Å². The van der Waals surface area contributed by atoms with Crippen molar-refractivity contribution in [1.29, 1.82) is 0 Å². The molecule has 0 amide bonds. The van der Waals surface area contributed by atoms with Gasteiger partial charge in [0.05, 0.1) is 17.8 Å². The number of hydrogen-bond acceptors (Lipinski definition) is 8. The van der Waals surface area contributed by atoms with Crippen LogP contribution in [-0.4, -0.2) is 76.4 Å². The van der Waals surface area contributed by atoms with Crippen molar-refractivity contribution < 1.29 is 9.84 Å². The number of aromatic nitrogens is 2. The minimum absolute atomic E-state index is 0.160. The van der Waals surface area contributed by atoms with Crippen LogP contribution in [0.15, 0.2) is 30.3 Å². The molecule has 6 heterocycles. The number of phenolic OH excluding ortho intramolecular Hbond substituents is 1. The first-order valence-corrected chi connectivity index (χ1v) is 16.8. The molecule has 5 fully saturated rings. The Morgan fingerprint density at radius 2 is 1.91 bits per heavy atom. The van der Waals surface area contributed by atoms with Gasteiger partial charge in [-0.3, -0.25) is 4.90 Å². The van der Waals surface area contributed by atoms with Crippen molar-refractivity contribution in [1.82, 2.24) is 20.2 Å². The number of benzene rings is 2. The first-order valence-electron chi connectivity index (χ1n) is 16.8. The van der Waals surface area contributed by atoms with E-state index in [1.165, 1.54) is 74.4 Å². The summed E-state index contributed by atoms with van der Waals surface area (Å²) in [6.45, 7) is 7.64. The lowest BCUT2D eigenvalue weighted by molar-refractivity contribution is 0.0829. The first kappa shape index (κ1) is 26.3. The van der Waals surface area contributed by atoms with Gasteiger partial charge in [0.15, 0.2) is 0 Å². The Hall–Kier alpha value is -3.10. The fraction of sp³-hybridized carbons (Fsp3) is 0.600. The minimum Gasteiger partial charge on any atom is -0.508 e. The van der Waals surface area contributed by atoms with Gasteiger partial charge in [0, 0.05) is 60.5 Å². The Morgan fingerprint density at radius 3 is 2.79 bits per heavy atom. The highest BCUT2D eigenvalue weighted by molar-refractivity contribution is 5.98. The summed E-state index contributed by atoms with van der Waals surface area (Å²) >= 11 is 0. The Labute approximate surface area is 254 Å². The molecule has 8 nitrogen and oxygen atoms in total. The second-order valence-corrected chi connectivity index (χ2v) is 14.4. The fourth-order valence-electron chi connectivity index (χ4n) is 9.98. The van der Waals surface area contributed by atoms with E-state index in [4.69, 9.17) is 14.7 Å². The van der Waals surface area contributed by atoms with Gasteiger partial charge in [-0.2, -0.15) is 9.97 Å². The van der Waals surface area contributed by atoms with Gasteiger partial charge < -0.3 is 25.0 Å². The zero-order valence-corrected chi connectivity index (χ0v) is 25.4. The normalized spacial score (nSPS) is 31.5. The van der Waals surface area contributed by atoms with E-state index in [0.29, 0.717) is 37.0 Å². The minimum atomic E-state index is 0.160. The number of rotatable bonds is 5. The predicted molar refractivity (Wildman–Crippen MR) is 169 cm³/mol. The van der Waals surface area contributed by atoms with Crippen molar-refractivity contribution in [3.05, 3.63) is 47.2 Å². The molecule has 2 aromatic carbocycles. The molecule has 2 unspecified atom stereocenters. The zero-order chi connectivity index (χ0) is 28.7. The number of aromatic hydroxyl groups is 1. The van der Waals surface area contributed by atoms with Gasteiger partial charge in [-0.05, 0) is 87.8 Å². The van der Waals surface area contributed by atoms with E-state index < -0.39 is 0 Å². The summed E-state index contributed by atoms with van der Waals surface area (Å²) in [6, 6.07) is 12.5. The van der Waals surface area contributed by atoms with E-state index in [2.05, 4.69) is 45.1 Å². The van der Waals surface area contributed by atoms with Gasteiger partial charge in [-0.1, -0.05) is 24.6 Å². The molecule has 5 aliphatic heterocycles. The number of anilines is 2. The Balaban J connectivity index is 1.06. The van der Waals surface area contributed by atoms with Crippen molar-refractivity contribution in [2.45, 2.75) is 94.9 Å². The molecule has 8 heteroatoms. The monoisotopic (exact) mass is 580 g/mol. The first-order chi connectivity index (χ1) is 21.0. The zero-order valence-electron chi connectivity index (χ0n) is 25.4. The molecule has 6 aliphatic rings. The van der Waals surface area contributed by atoms with Crippen LogP contribution in [0.3, 0.4) is 0 Å². The molecule has 43 heavy (non-hydrogen) atoms. The lowest BCUT2D eigenvalue weighted by atomic mass is 9.90. The number of piperazine rings is 1. The highest BCUT2D eigenvalue weighted by atomic mass is 16.5. The smallest absolute Gasteiger partial charge is 0.318 e. The Morgan fingerprint density at radius 1 is 1.02 bits per heavy atom. The molecule has 0 radical (unpaired) electrons. The van der Waals surface area contributed by atoms with Crippen molar-refractivity contribution in [3.63, 3.8) is 0 Å². The van der Waals surface area contributed by atoms with E-state index in [1.54, 1.807) is 0 Å². The fourth-order valence-corrected chi connectivity index (χ4v) is 9.98. The second kappa shape index (κ2) is 9.96. The molecule has 0 spiro atoms. The highest BCUT2D eigenvalue weighted by Gasteiger charge is 2.55. The second-order valence-electron chi connectivity index (χ2n) is 14.4. The molecule has 1 aromatic heterocycles. The van der Waals surface area contributed by atoms with E-state index in [9.17, 15) is 5.11 Å². The molecule has 3 aromatic rings. The van der Waals surface area contributed by atoms with Crippen LogP contribution in [0.4, 0.5) is 11.5 Å². The van der Waals surface area contributed by atoms with Gasteiger partial charge in [0.25, 0.3) is 0 Å². The Kier molecular flexibility index (Phi) is 6.10. The Bertz CT molecular complexity index is 1570. The third-order valence-corrected chi connectivity index (χ3v) is 11.8. The van der Waals surface area contributed by atoms with Gasteiger partial charge in [-0.25, -0.2) is 0 Å². The summed E-state index contributed by atoms with van der Waals surface area (Å²) in [5.74, 6) is 2.25. The maximum Gasteiger partial charge on any atom is 0.318 e. The lowest BCUT2D eigenvalue weighted by Crippen LogP contribution is -2.52. The summed E-state index contributed by atoms with van der Waals surface area (Å²) in [7, 11) is 0. The molecule has 226 valence electrons. The number of aryl methyl sites for hydroxylation is 1. The molecular formula is C35H44N6O2. The molecule has 2 bridgehead atoms. The van der Waals surface area contributed by atoms with E-state index in [0.717, 1.165) is 60.6 Å². The van der Waals surface area contributed by atoms with Crippen molar-refractivity contribution >= 4 is 22.3 Å². The third-order valence-electron chi connectivity index (χ3n) is 11.8.